The Bertz CT molecular complexity index is 741. The third-order valence-corrected chi connectivity index (χ3v) is 4.93. The quantitative estimate of drug-likeness (QED) is 0.273. The lowest BCUT2D eigenvalue weighted by Gasteiger charge is -2.23. The Morgan fingerprint density at radius 3 is 2.09 bits per heavy atom. The van der Waals surface area contributed by atoms with Crippen molar-refractivity contribution in [3.63, 3.8) is 0 Å². The molecule has 2 rings (SSSR count). The third kappa shape index (κ3) is 11.3. The first-order valence-corrected chi connectivity index (χ1v) is 12.1. The van der Waals surface area contributed by atoms with Gasteiger partial charge in [-0.1, -0.05) is 57.0 Å². The predicted molar refractivity (Wildman–Crippen MR) is 135 cm³/mol. The van der Waals surface area contributed by atoms with Crippen LogP contribution < -0.4 is 21.3 Å². The van der Waals surface area contributed by atoms with Crippen molar-refractivity contribution in [2.45, 2.75) is 46.1 Å². The van der Waals surface area contributed by atoms with Crippen molar-refractivity contribution in [1.82, 2.24) is 15.0 Å². The van der Waals surface area contributed by atoms with Gasteiger partial charge in [0.2, 0.25) is 17.8 Å². The molecule has 9 nitrogen and oxygen atoms in total. The van der Waals surface area contributed by atoms with Crippen LogP contribution in [0, 0.1) is 0 Å². The molecule has 0 atom stereocenters. The molecule has 0 spiro atoms. The molecule has 0 fully saturated rings. The van der Waals surface area contributed by atoms with E-state index in [1.165, 1.54) is 5.56 Å². The number of anilines is 3. The van der Waals surface area contributed by atoms with Crippen LogP contribution in [0.25, 0.3) is 0 Å². The monoisotopic (exact) mass is 459 g/mol. The van der Waals surface area contributed by atoms with E-state index in [1.807, 2.05) is 18.2 Å². The molecule has 0 saturated heterocycles. The normalized spacial score (nSPS) is 10.9. The topological polar surface area (TPSA) is 110 Å². The minimum atomic E-state index is 0.525. The van der Waals surface area contributed by atoms with Crippen LogP contribution in [0.5, 0.6) is 0 Å². The minimum absolute atomic E-state index is 0.525. The molecule has 0 amide bonds. The summed E-state index contributed by atoms with van der Waals surface area (Å²) in [5.74, 6) is 1.83. The Morgan fingerprint density at radius 1 is 0.818 bits per heavy atom. The first kappa shape index (κ1) is 26.8. The fourth-order valence-electron chi connectivity index (χ4n) is 3.09. The Balaban J connectivity index is 2.02. The number of benzene rings is 1. The molecule has 9 heteroatoms. The molecule has 0 aliphatic heterocycles. The van der Waals surface area contributed by atoms with Gasteiger partial charge in [0.1, 0.15) is 0 Å². The molecule has 0 saturated carbocycles. The lowest BCUT2D eigenvalue weighted by Crippen LogP contribution is -2.28. The maximum Gasteiger partial charge on any atom is 0.231 e. The van der Waals surface area contributed by atoms with Crippen LogP contribution in [0.15, 0.2) is 30.3 Å². The average Bonchev–Trinajstić information content (AvgIpc) is 2.85. The third-order valence-electron chi connectivity index (χ3n) is 4.93. The molecule has 0 bridgehead atoms. The van der Waals surface area contributed by atoms with Crippen molar-refractivity contribution in [3.8, 4) is 0 Å². The number of nitrogens with two attached hydrogens (primary N) is 1. The second-order valence-corrected chi connectivity index (χ2v) is 7.76. The standard InChI is InChI=1S/C24H41N7O2/c1-3-5-14-31(15-6-4-2)24-29-22(26-13-17-33-19-18-32-16-12-25)28-23(30-24)27-20-21-10-8-7-9-11-21/h7-11H,3-6,12-20,25H2,1-2H3,(H2,26,27,28,29,30). The predicted octanol–water partition coefficient (Wildman–Crippen LogP) is 3.29. The van der Waals surface area contributed by atoms with Gasteiger partial charge >= 0.3 is 0 Å². The van der Waals surface area contributed by atoms with Gasteiger partial charge in [0.25, 0.3) is 0 Å². The molecule has 0 aliphatic carbocycles. The Morgan fingerprint density at radius 2 is 1.45 bits per heavy atom. The fraction of sp³-hybridized carbons (Fsp3) is 0.625. The van der Waals surface area contributed by atoms with Gasteiger partial charge in [-0.05, 0) is 18.4 Å². The Labute approximate surface area is 198 Å². The average molecular weight is 460 g/mol. The number of unbranched alkanes of at least 4 members (excludes halogenated alkanes) is 2. The fourth-order valence-corrected chi connectivity index (χ4v) is 3.09. The lowest BCUT2D eigenvalue weighted by atomic mass is 10.2. The highest BCUT2D eigenvalue weighted by atomic mass is 16.5. The largest absolute Gasteiger partial charge is 0.378 e. The summed E-state index contributed by atoms with van der Waals surface area (Å²) in [6, 6.07) is 10.2. The lowest BCUT2D eigenvalue weighted by molar-refractivity contribution is 0.0547. The molecule has 1 aromatic carbocycles. The summed E-state index contributed by atoms with van der Waals surface area (Å²) in [7, 11) is 0. The van der Waals surface area contributed by atoms with E-state index in [-0.39, 0.29) is 0 Å². The van der Waals surface area contributed by atoms with Crippen LogP contribution in [-0.2, 0) is 16.0 Å². The van der Waals surface area contributed by atoms with Crippen LogP contribution in [0.3, 0.4) is 0 Å². The Hall–Kier alpha value is -2.49. The van der Waals surface area contributed by atoms with Crippen LogP contribution in [-0.4, -0.2) is 67.6 Å². The van der Waals surface area contributed by atoms with Gasteiger partial charge in [-0.15, -0.1) is 0 Å². The highest BCUT2D eigenvalue weighted by Crippen LogP contribution is 2.16. The van der Waals surface area contributed by atoms with Crippen molar-refractivity contribution in [2.75, 3.05) is 68.1 Å². The first-order chi connectivity index (χ1) is 16.3. The van der Waals surface area contributed by atoms with E-state index >= 15 is 0 Å². The second kappa shape index (κ2) is 17.0. The second-order valence-electron chi connectivity index (χ2n) is 7.76. The van der Waals surface area contributed by atoms with Crippen LogP contribution in [0.1, 0.15) is 45.1 Å². The zero-order chi connectivity index (χ0) is 23.6. The SMILES string of the molecule is CCCCN(CCCC)c1nc(NCCOCCOCCN)nc(NCc2ccccc2)n1. The van der Waals surface area contributed by atoms with Gasteiger partial charge in [0.05, 0.1) is 26.4 Å². The van der Waals surface area contributed by atoms with Crippen molar-refractivity contribution in [3.05, 3.63) is 35.9 Å². The van der Waals surface area contributed by atoms with Gasteiger partial charge in [-0.25, -0.2) is 0 Å². The van der Waals surface area contributed by atoms with Gasteiger partial charge in [-0.3, -0.25) is 0 Å². The van der Waals surface area contributed by atoms with E-state index in [4.69, 9.17) is 25.2 Å². The zero-order valence-corrected chi connectivity index (χ0v) is 20.3. The van der Waals surface area contributed by atoms with Crippen molar-refractivity contribution in [1.29, 1.82) is 0 Å². The smallest absolute Gasteiger partial charge is 0.231 e. The summed E-state index contributed by atoms with van der Waals surface area (Å²) in [5.41, 5.74) is 6.58. The number of aromatic nitrogens is 3. The van der Waals surface area contributed by atoms with Crippen LogP contribution in [0.4, 0.5) is 17.8 Å². The van der Waals surface area contributed by atoms with Gasteiger partial charge < -0.3 is 30.7 Å². The maximum atomic E-state index is 5.60. The number of rotatable bonds is 19. The minimum Gasteiger partial charge on any atom is -0.378 e. The van der Waals surface area contributed by atoms with Crippen LogP contribution in [0.2, 0.25) is 0 Å². The first-order valence-electron chi connectivity index (χ1n) is 12.1. The number of nitrogens with one attached hydrogen (secondary N) is 2. The van der Waals surface area contributed by atoms with E-state index in [1.54, 1.807) is 0 Å². The summed E-state index contributed by atoms with van der Waals surface area (Å²) in [6.07, 6.45) is 4.46. The molecular weight excluding hydrogens is 418 g/mol. The zero-order valence-electron chi connectivity index (χ0n) is 20.3. The van der Waals surface area contributed by atoms with Gasteiger partial charge in [-0.2, -0.15) is 15.0 Å². The molecule has 1 aromatic heterocycles. The molecule has 2 aromatic rings. The molecular formula is C24H41N7O2. The van der Waals surface area contributed by atoms with Crippen molar-refractivity contribution in [2.24, 2.45) is 5.73 Å². The highest BCUT2D eigenvalue weighted by Gasteiger charge is 2.13. The van der Waals surface area contributed by atoms with E-state index in [0.29, 0.717) is 63.9 Å². The summed E-state index contributed by atoms with van der Waals surface area (Å²) < 4.78 is 10.9. The van der Waals surface area contributed by atoms with Gasteiger partial charge in [0, 0.05) is 32.7 Å². The molecule has 4 N–H and O–H groups in total. The molecule has 0 radical (unpaired) electrons. The van der Waals surface area contributed by atoms with E-state index in [0.717, 1.165) is 38.8 Å². The molecule has 0 aliphatic rings. The summed E-state index contributed by atoms with van der Waals surface area (Å²) in [5, 5.41) is 6.63. The number of hydrogen-bond acceptors (Lipinski definition) is 9. The maximum absolute atomic E-state index is 5.60. The molecule has 33 heavy (non-hydrogen) atoms. The summed E-state index contributed by atoms with van der Waals surface area (Å²) in [6.45, 7) is 10.2. The van der Waals surface area contributed by atoms with E-state index in [9.17, 15) is 0 Å². The number of nitrogens with zero attached hydrogens (tertiary/aromatic N) is 4. The summed E-state index contributed by atoms with van der Waals surface area (Å²) in [4.78, 5) is 16.3. The van der Waals surface area contributed by atoms with Crippen LogP contribution >= 0.6 is 0 Å². The van der Waals surface area contributed by atoms with Crippen molar-refractivity contribution < 1.29 is 9.47 Å². The molecule has 1 heterocycles. The molecule has 0 unspecified atom stereocenters. The number of ether oxygens (including phenoxy) is 2. The van der Waals surface area contributed by atoms with E-state index < -0.39 is 0 Å². The highest BCUT2D eigenvalue weighted by molar-refractivity contribution is 5.44. The van der Waals surface area contributed by atoms with E-state index in [2.05, 4.69) is 46.5 Å². The molecule has 184 valence electrons. The summed E-state index contributed by atoms with van der Waals surface area (Å²) >= 11 is 0. The van der Waals surface area contributed by atoms with Gasteiger partial charge in [0.15, 0.2) is 0 Å². The number of hydrogen-bond donors (Lipinski definition) is 3. The van der Waals surface area contributed by atoms with Crippen molar-refractivity contribution >= 4 is 17.8 Å². The Kier molecular flexibility index (Phi) is 13.8.